The summed E-state index contributed by atoms with van der Waals surface area (Å²) in [4.78, 5) is 12.4. The number of amides is 2. The van der Waals surface area contributed by atoms with Gasteiger partial charge in [-0.25, -0.2) is 4.79 Å². The van der Waals surface area contributed by atoms with E-state index in [0.29, 0.717) is 11.3 Å². The number of urea groups is 1. The number of rotatable bonds is 3. The van der Waals surface area contributed by atoms with E-state index in [1.807, 2.05) is 68.4 Å². The van der Waals surface area contributed by atoms with Crippen LogP contribution in [-0.4, -0.2) is 25.8 Å². The molecule has 4 aromatic rings. The van der Waals surface area contributed by atoms with Crippen LogP contribution >= 0.6 is 0 Å². The van der Waals surface area contributed by atoms with Crippen LogP contribution in [0.5, 0.6) is 0 Å². The predicted octanol–water partition coefficient (Wildman–Crippen LogP) is 4.05. The Bertz CT molecular complexity index is 1130. The summed E-state index contributed by atoms with van der Waals surface area (Å²) < 4.78 is 1.61. The first-order valence-electron chi connectivity index (χ1n) is 8.52. The SMILES string of the molecule is Cc1cccc(NC(=O)Nc2cccc(-c3ccc4nncn4n3)c2)c1C. The second-order valence-corrected chi connectivity index (χ2v) is 6.26. The first kappa shape index (κ1) is 16.7. The summed E-state index contributed by atoms with van der Waals surface area (Å²) in [6.45, 7) is 4.00. The van der Waals surface area contributed by atoms with Gasteiger partial charge in [0.25, 0.3) is 0 Å². The number of carbonyl (C=O) groups is 1. The number of nitrogens with one attached hydrogen (secondary N) is 2. The third-order valence-electron chi connectivity index (χ3n) is 4.43. The Morgan fingerprint density at radius 1 is 1.00 bits per heavy atom. The Morgan fingerprint density at radius 3 is 2.74 bits per heavy atom. The van der Waals surface area contributed by atoms with Gasteiger partial charge in [-0.1, -0.05) is 24.3 Å². The Kier molecular flexibility index (Phi) is 4.25. The first-order valence-corrected chi connectivity index (χ1v) is 8.52. The molecule has 7 nitrogen and oxygen atoms in total. The minimum absolute atomic E-state index is 0.289. The van der Waals surface area contributed by atoms with Crippen LogP contribution in [0.4, 0.5) is 16.2 Å². The van der Waals surface area contributed by atoms with E-state index in [0.717, 1.165) is 28.1 Å². The fraction of sp³-hybridized carbons (Fsp3) is 0.100. The van der Waals surface area contributed by atoms with Crippen LogP contribution in [0, 0.1) is 13.8 Å². The minimum Gasteiger partial charge on any atom is -0.308 e. The first-order chi connectivity index (χ1) is 13.1. The zero-order valence-electron chi connectivity index (χ0n) is 15.0. The molecule has 0 saturated heterocycles. The van der Waals surface area contributed by atoms with E-state index in [4.69, 9.17) is 0 Å². The van der Waals surface area contributed by atoms with Crippen LogP contribution in [0.1, 0.15) is 11.1 Å². The number of hydrogen-bond acceptors (Lipinski definition) is 4. The molecular weight excluding hydrogens is 340 g/mol. The third-order valence-corrected chi connectivity index (χ3v) is 4.43. The summed E-state index contributed by atoms with van der Waals surface area (Å²) in [6, 6.07) is 16.8. The van der Waals surface area contributed by atoms with Gasteiger partial charge >= 0.3 is 6.03 Å². The van der Waals surface area contributed by atoms with Gasteiger partial charge < -0.3 is 10.6 Å². The van der Waals surface area contributed by atoms with Gasteiger partial charge in [0.05, 0.1) is 5.69 Å². The Labute approximate surface area is 156 Å². The van der Waals surface area contributed by atoms with Gasteiger partial charge in [0, 0.05) is 16.9 Å². The van der Waals surface area contributed by atoms with Crippen LogP contribution < -0.4 is 10.6 Å². The molecule has 0 atom stereocenters. The molecule has 2 heterocycles. The number of benzene rings is 2. The Hall–Kier alpha value is -3.74. The lowest BCUT2D eigenvalue weighted by atomic mass is 10.1. The highest BCUT2D eigenvalue weighted by Crippen LogP contribution is 2.22. The van der Waals surface area contributed by atoms with Gasteiger partial charge in [0.15, 0.2) is 5.65 Å². The normalized spacial score (nSPS) is 10.7. The van der Waals surface area contributed by atoms with E-state index in [2.05, 4.69) is 25.9 Å². The number of fused-ring (bicyclic) bond motifs is 1. The molecule has 0 aliphatic heterocycles. The van der Waals surface area contributed by atoms with Gasteiger partial charge in [-0.15, -0.1) is 10.2 Å². The number of nitrogens with zero attached hydrogens (tertiary/aromatic N) is 4. The average Bonchev–Trinajstić information content (AvgIpc) is 3.13. The number of aryl methyl sites for hydroxylation is 1. The van der Waals surface area contributed by atoms with E-state index in [1.165, 1.54) is 0 Å². The van der Waals surface area contributed by atoms with Crippen molar-refractivity contribution < 1.29 is 4.79 Å². The predicted molar refractivity (Wildman–Crippen MR) is 105 cm³/mol. The van der Waals surface area contributed by atoms with Gasteiger partial charge in [-0.05, 0) is 55.3 Å². The highest BCUT2D eigenvalue weighted by Gasteiger charge is 2.08. The molecule has 134 valence electrons. The molecule has 0 aliphatic rings. The number of carbonyl (C=O) groups excluding carboxylic acids is 1. The van der Waals surface area contributed by atoms with Gasteiger partial charge in [0.1, 0.15) is 6.33 Å². The van der Waals surface area contributed by atoms with E-state index in [1.54, 1.807) is 10.8 Å². The molecule has 0 aliphatic carbocycles. The average molecular weight is 358 g/mol. The Balaban J connectivity index is 1.53. The van der Waals surface area contributed by atoms with Crippen molar-refractivity contribution in [1.82, 2.24) is 19.8 Å². The maximum absolute atomic E-state index is 12.4. The third kappa shape index (κ3) is 3.48. The molecule has 0 unspecified atom stereocenters. The Morgan fingerprint density at radius 2 is 1.85 bits per heavy atom. The quantitative estimate of drug-likeness (QED) is 0.579. The molecule has 7 heteroatoms. The molecule has 4 rings (SSSR count). The van der Waals surface area contributed by atoms with Crippen molar-refractivity contribution in [3.63, 3.8) is 0 Å². The summed E-state index contributed by atoms with van der Waals surface area (Å²) in [5, 5.41) is 18.0. The van der Waals surface area contributed by atoms with E-state index < -0.39 is 0 Å². The molecule has 0 radical (unpaired) electrons. The molecule has 2 aromatic carbocycles. The molecule has 0 fully saturated rings. The summed E-state index contributed by atoms with van der Waals surface area (Å²) in [7, 11) is 0. The second-order valence-electron chi connectivity index (χ2n) is 6.26. The maximum atomic E-state index is 12.4. The minimum atomic E-state index is -0.289. The van der Waals surface area contributed by atoms with Crippen molar-refractivity contribution in [2.75, 3.05) is 10.6 Å². The van der Waals surface area contributed by atoms with Gasteiger partial charge in [-0.3, -0.25) is 0 Å². The van der Waals surface area contributed by atoms with Crippen molar-refractivity contribution in [2.45, 2.75) is 13.8 Å². The lowest BCUT2D eigenvalue weighted by Crippen LogP contribution is -2.20. The summed E-state index contributed by atoms with van der Waals surface area (Å²) >= 11 is 0. The number of hydrogen-bond donors (Lipinski definition) is 2. The molecule has 2 amide bonds. The standard InChI is InChI=1S/C20H18N6O/c1-13-5-3-8-17(14(13)2)23-20(27)22-16-7-4-6-15(11-16)18-9-10-19-24-21-12-26(19)25-18/h3-12H,1-2H3,(H2,22,23,27). The molecule has 0 saturated carbocycles. The zero-order valence-corrected chi connectivity index (χ0v) is 15.0. The lowest BCUT2D eigenvalue weighted by Gasteiger charge is -2.12. The van der Waals surface area contributed by atoms with Crippen molar-refractivity contribution in [2.24, 2.45) is 0 Å². The molecule has 2 aromatic heterocycles. The molecule has 0 bridgehead atoms. The fourth-order valence-electron chi connectivity index (χ4n) is 2.81. The maximum Gasteiger partial charge on any atom is 0.323 e. The fourth-order valence-corrected chi connectivity index (χ4v) is 2.81. The topological polar surface area (TPSA) is 84.2 Å². The monoisotopic (exact) mass is 358 g/mol. The zero-order chi connectivity index (χ0) is 18.8. The van der Waals surface area contributed by atoms with Gasteiger partial charge in [-0.2, -0.15) is 9.61 Å². The van der Waals surface area contributed by atoms with Crippen LogP contribution in [0.25, 0.3) is 16.9 Å². The summed E-state index contributed by atoms with van der Waals surface area (Å²) in [6.07, 6.45) is 1.55. The smallest absolute Gasteiger partial charge is 0.308 e. The molecular formula is C20H18N6O. The summed E-state index contributed by atoms with van der Waals surface area (Å²) in [5.74, 6) is 0. The van der Waals surface area contributed by atoms with Crippen molar-refractivity contribution >= 4 is 23.1 Å². The van der Waals surface area contributed by atoms with Crippen LogP contribution in [0.15, 0.2) is 60.9 Å². The lowest BCUT2D eigenvalue weighted by molar-refractivity contribution is 0.262. The molecule has 2 N–H and O–H groups in total. The van der Waals surface area contributed by atoms with E-state index >= 15 is 0 Å². The van der Waals surface area contributed by atoms with E-state index in [-0.39, 0.29) is 6.03 Å². The van der Waals surface area contributed by atoms with Crippen molar-refractivity contribution in [1.29, 1.82) is 0 Å². The van der Waals surface area contributed by atoms with E-state index in [9.17, 15) is 4.79 Å². The summed E-state index contributed by atoms with van der Waals surface area (Å²) in [5.41, 5.74) is 5.99. The second kappa shape index (κ2) is 6.87. The highest BCUT2D eigenvalue weighted by molar-refractivity contribution is 6.00. The largest absolute Gasteiger partial charge is 0.323 e. The number of anilines is 2. The van der Waals surface area contributed by atoms with Crippen molar-refractivity contribution in [3.8, 4) is 11.3 Å². The van der Waals surface area contributed by atoms with Crippen molar-refractivity contribution in [3.05, 3.63) is 72.1 Å². The molecule has 0 spiro atoms. The van der Waals surface area contributed by atoms with Crippen LogP contribution in [-0.2, 0) is 0 Å². The van der Waals surface area contributed by atoms with Gasteiger partial charge in [0.2, 0.25) is 0 Å². The molecule has 27 heavy (non-hydrogen) atoms. The van der Waals surface area contributed by atoms with Crippen LogP contribution in [0.3, 0.4) is 0 Å². The number of aromatic nitrogens is 4. The highest BCUT2D eigenvalue weighted by atomic mass is 16.2. The van der Waals surface area contributed by atoms with Crippen LogP contribution in [0.2, 0.25) is 0 Å².